The van der Waals surface area contributed by atoms with Crippen LogP contribution in [0, 0.1) is 11.3 Å². The van der Waals surface area contributed by atoms with Gasteiger partial charge in [0.1, 0.15) is 11.8 Å². The predicted octanol–water partition coefficient (Wildman–Crippen LogP) is 4.16. The first-order valence-electron chi connectivity index (χ1n) is 6.86. The lowest BCUT2D eigenvalue weighted by Gasteiger charge is -2.12. The molecular formula is C16H11ClF3N3O2. The molecule has 5 nitrogen and oxygen atoms in total. The van der Waals surface area contributed by atoms with Crippen LogP contribution in [0.1, 0.15) is 5.56 Å². The minimum Gasteiger partial charge on any atom is -0.406 e. The van der Waals surface area contributed by atoms with E-state index in [-0.39, 0.29) is 23.5 Å². The monoisotopic (exact) mass is 369 g/mol. The SMILES string of the molecule is N#Cc1ccc(Cl)cc1NC(=O)CNc1cccc(OC(F)(F)F)c1. The Balaban J connectivity index is 1.98. The van der Waals surface area contributed by atoms with Gasteiger partial charge in [-0.2, -0.15) is 5.26 Å². The zero-order valence-corrected chi connectivity index (χ0v) is 13.3. The van der Waals surface area contributed by atoms with Crippen LogP contribution in [0.2, 0.25) is 5.02 Å². The summed E-state index contributed by atoms with van der Waals surface area (Å²) >= 11 is 5.82. The molecule has 0 aromatic heterocycles. The first-order chi connectivity index (χ1) is 11.8. The number of benzene rings is 2. The van der Waals surface area contributed by atoms with Crippen LogP contribution in [0.4, 0.5) is 24.5 Å². The summed E-state index contributed by atoms with van der Waals surface area (Å²) in [6.45, 7) is -0.229. The Bertz CT molecular complexity index is 819. The van der Waals surface area contributed by atoms with Crippen LogP contribution in [-0.2, 0) is 4.79 Å². The molecular weight excluding hydrogens is 359 g/mol. The van der Waals surface area contributed by atoms with E-state index < -0.39 is 18.0 Å². The molecule has 0 aliphatic heterocycles. The molecule has 0 saturated heterocycles. The maximum Gasteiger partial charge on any atom is 0.573 e. The molecule has 0 heterocycles. The second kappa shape index (κ2) is 7.77. The lowest BCUT2D eigenvalue weighted by molar-refractivity contribution is -0.274. The van der Waals surface area contributed by atoms with E-state index in [0.29, 0.717) is 5.02 Å². The number of hydrogen-bond donors (Lipinski definition) is 2. The zero-order chi connectivity index (χ0) is 18.4. The summed E-state index contributed by atoms with van der Waals surface area (Å²) in [6, 6.07) is 11.4. The number of nitrogens with one attached hydrogen (secondary N) is 2. The van der Waals surface area contributed by atoms with Crippen molar-refractivity contribution in [2.45, 2.75) is 6.36 Å². The van der Waals surface area contributed by atoms with E-state index in [1.54, 1.807) is 0 Å². The summed E-state index contributed by atoms with van der Waals surface area (Å²) in [5.74, 6) is -0.902. The summed E-state index contributed by atoms with van der Waals surface area (Å²) in [5, 5.41) is 14.5. The molecule has 130 valence electrons. The minimum atomic E-state index is -4.80. The maximum atomic E-state index is 12.2. The molecule has 2 aromatic carbocycles. The summed E-state index contributed by atoms with van der Waals surface area (Å²) < 4.78 is 40.4. The Hall–Kier alpha value is -2.92. The minimum absolute atomic E-state index is 0.229. The second-order valence-corrected chi connectivity index (χ2v) is 5.22. The first-order valence-corrected chi connectivity index (χ1v) is 7.24. The summed E-state index contributed by atoms with van der Waals surface area (Å²) in [6.07, 6.45) is -4.80. The van der Waals surface area contributed by atoms with Crippen molar-refractivity contribution >= 4 is 28.9 Å². The molecule has 0 aliphatic rings. The van der Waals surface area contributed by atoms with Crippen molar-refractivity contribution in [1.29, 1.82) is 5.26 Å². The lowest BCUT2D eigenvalue weighted by atomic mass is 10.2. The Morgan fingerprint density at radius 1 is 1.24 bits per heavy atom. The number of ether oxygens (including phenoxy) is 1. The molecule has 2 N–H and O–H groups in total. The third-order valence-electron chi connectivity index (χ3n) is 2.90. The van der Waals surface area contributed by atoms with Crippen LogP contribution in [0.3, 0.4) is 0 Å². The fourth-order valence-electron chi connectivity index (χ4n) is 1.90. The molecule has 0 saturated carbocycles. The number of alkyl halides is 3. The van der Waals surface area contributed by atoms with E-state index in [2.05, 4.69) is 15.4 Å². The molecule has 0 aliphatic carbocycles. The Morgan fingerprint density at radius 3 is 2.68 bits per heavy atom. The molecule has 25 heavy (non-hydrogen) atoms. The van der Waals surface area contributed by atoms with Gasteiger partial charge in [0.05, 0.1) is 17.8 Å². The smallest absolute Gasteiger partial charge is 0.406 e. The average molecular weight is 370 g/mol. The molecule has 0 radical (unpaired) electrons. The Morgan fingerprint density at radius 2 is 2.00 bits per heavy atom. The van der Waals surface area contributed by atoms with Crippen LogP contribution in [-0.4, -0.2) is 18.8 Å². The molecule has 2 rings (SSSR count). The van der Waals surface area contributed by atoms with Gasteiger partial charge in [-0.05, 0) is 30.3 Å². The van der Waals surface area contributed by atoms with Crippen molar-refractivity contribution in [1.82, 2.24) is 0 Å². The van der Waals surface area contributed by atoms with Gasteiger partial charge in [0.25, 0.3) is 0 Å². The third kappa shape index (κ3) is 5.90. The van der Waals surface area contributed by atoms with Gasteiger partial charge in [-0.25, -0.2) is 0 Å². The number of carbonyl (C=O) groups excluding carboxylic acids is 1. The van der Waals surface area contributed by atoms with Crippen molar-refractivity contribution < 1.29 is 22.7 Å². The molecule has 0 fully saturated rings. The number of hydrogen-bond acceptors (Lipinski definition) is 4. The number of halogens is 4. The third-order valence-corrected chi connectivity index (χ3v) is 3.13. The standard InChI is InChI=1S/C16H11ClF3N3O2/c17-11-5-4-10(8-21)14(6-11)23-15(24)9-22-12-2-1-3-13(7-12)25-16(18,19)20/h1-7,22H,9H2,(H,23,24). The fourth-order valence-corrected chi connectivity index (χ4v) is 2.07. The maximum absolute atomic E-state index is 12.2. The number of rotatable bonds is 5. The zero-order valence-electron chi connectivity index (χ0n) is 12.5. The fraction of sp³-hybridized carbons (Fsp3) is 0.125. The van der Waals surface area contributed by atoms with Crippen LogP contribution in [0.15, 0.2) is 42.5 Å². The Labute approximate surface area is 146 Å². The largest absolute Gasteiger partial charge is 0.573 e. The van der Waals surface area contributed by atoms with Gasteiger partial charge in [0.15, 0.2) is 0 Å². The quantitative estimate of drug-likeness (QED) is 0.830. The van der Waals surface area contributed by atoms with E-state index in [1.165, 1.54) is 30.3 Å². The van der Waals surface area contributed by atoms with Crippen molar-refractivity contribution in [2.75, 3.05) is 17.2 Å². The van der Waals surface area contributed by atoms with Gasteiger partial charge < -0.3 is 15.4 Å². The highest BCUT2D eigenvalue weighted by Crippen LogP contribution is 2.25. The van der Waals surface area contributed by atoms with Gasteiger partial charge in [-0.3, -0.25) is 4.79 Å². The van der Waals surface area contributed by atoms with Crippen LogP contribution >= 0.6 is 11.6 Å². The number of nitrogens with zero attached hydrogens (tertiary/aromatic N) is 1. The van der Waals surface area contributed by atoms with E-state index in [0.717, 1.165) is 12.1 Å². The molecule has 0 unspecified atom stereocenters. The van der Waals surface area contributed by atoms with E-state index in [9.17, 15) is 18.0 Å². The predicted molar refractivity (Wildman–Crippen MR) is 86.4 cm³/mol. The molecule has 9 heteroatoms. The topological polar surface area (TPSA) is 74.2 Å². The number of amides is 1. The molecule has 1 amide bonds. The van der Waals surface area contributed by atoms with Gasteiger partial charge in [-0.1, -0.05) is 17.7 Å². The molecule has 0 atom stereocenters. The number of carbonyl (C=O) groups is 1. The molecule has 0 bridgehead atoms. The van der Waals surface area contributed by atoms with E-state index in [1.807, 2.05) is 6.07 Å². The molecule has 0 spiro atoms. The van der Waals surface area contributed by atoms with Crippen molar-refractivity contribution in [3.05, 3.63) is 53.1 Å². The highest BCUT2D eigenvalue weighted by molar-refractivity contribution is 6.31. The summed E-state index contributed by atoms with van der Waals surface area (Å²) in [7, 11) is 0. The molecule has 2 aromatic rings. The van der Waals surface area contributed by atoms with Gasteiger partial charge >= 0.3 is 6.36 Å². The van der Waals surface area contributed by atoms with Gasteiger partial charge in [-0.15, -0.1) is 13.2 Å². The summed E-state index contributed by atoms with van der Waals surface area (Å²) in [5.41, 5.74) is 0.748. The van der Waals surface area contributed by atoms with Gasteiger partial charge in [0.2, 0.25) is 5.91 Å². The van der Waals surface area contributed by atoms with Gasteiger partial charge in [0, 0.05) is 16.8 Å². The number of anilines is 2. The highest BCUT2D eigenvalue weighted by atomic mass is 35.5. The number of nitriles is 1. The van der Waals surface area contributed by atoms with Crippen LogP contribution in [0.25, 0.3) is 0 Å². The van der Waals surface area contributed by atoms with Crippen LogP contribution < -0.4 is 15.4 Å². The highest BCUT2D eigenvalue weighted by Gasteiger charge is 2.31. The van der Waals surface area contributed by atoms with Crippen molar-refractivity contribution in [3.63, 3.8) is 0 Å². The van der Waals surface area contributed by atoms with Crippen LogP contribution in [0.5, 0.6) is 5.75 Å². The van der Waals surface area contributed by atoms with E-state index >= 15 is 0 Å². The van der Waals surface area contributed by atoms with Crippen molar-refractivity contribution in [3.8, 4) is 11.8 Å². The second-order valence-electron chi connectivity index (χ2n) is 4.78. The lowest BCUT2D eigenvalue weighted by Crippen LogP contribution is -2.22. The van der Waals surface area contributed by atoms with E-state index in [4.69, 9.17) is 16.9 Å². The van der Waals surface area contributed by atoms with Crippen molar-refractivity contribution in [2.24, 2.45) is 0 Å². The first kappa shape index (κ1) is 18.4. The Kier molecular flexibility index (Phi) is 5.72. The average Bonchev–Trinajstić information content (AvgIpc) is 2.52. The normalized spacial score (nSPS) is 10.7. The summed E-state index contributed by atoms with van der Waals surface area (Å²) in [4.78, 5) is 11.9.